The zero-order chi connectivity index (χ0) is 17.5. The summed E-state index contributed by atoms with van der Waals surface area (Å²) in [4.78, 5) is 4.72. The molecule has 2 unspecified atom stereocenters. The zero-order valence-electron chi connectivity index (χ0n) is 16.0. The van der Waals surface area contributed by atoms with Crippen LogP contribution in [0.15, 0.2) is 42.6 Å². The normalized spacial score (nSPS) is 20.6. The van der Waals surface area contributed by atoms with Crippen LogP contribution in [0.3, 0.4) is 0 Å². The Morgan fingerprint density at radius 2 is 1.64 bits per heavy atom. The number of hydrogen-bond donors (Lipinski definition) is 0. The quantitative estimate of drug-likeness (QED) is 0.539. The van der Waals surface area contributed by atoms with E-state index in [0.717, 1.165) is 24.0 Å². The molecule has 1 aliphatic carbocycles. The van der Waals surface area contributed by atoms with E-state index in [2.05, 4.69) is 56.4 Å². The summed E-state index contributed by atoms with van der Waals surface area (Å²) in [6, 6.07) is 13.4. The van der Waals surface area contributed by atoms with Crippen molar-refractivity contribution in [2.24, 2.45) is 11.8 Å². The van der Waals surface area contributed by atoms with Crippen LogP contribution in [0.25, 0.3) is 11.3 Å². The number of aryl methyl sites for hydroxylation is 2. The standard InChI is InChI=1S/C24H33N/c1-3-6-20-11-14-23(15-12-20)24-16-13-22(18-25-24)10-9-21-8-5-7-19(4-2)17-21/h11-16,18-19,21H,3-10,17H2,1-2H3. The predicted molar refractivity (Wildman–Crippen MR) is 108 cm³/mol. The molecule has 1 heterocycles. The van der Waals surface area contributed by atoms with Crippen LogP contribution >= 0.6 is 0 Å². The molecule has 0 radical (unpaired) electrons. The Balaban J connectivity index is 1.55. The third-order valence-corrected chi connectivity index (χ3v) is 5.92. The SMILES string of the molecule is CCCc1ccc(-c2ccc(CCC3CCCC(CC)C3)cn2)cc1. The van der Waals surface area contributed by atoms with E-state index in [4.69, 9.17) is 4.98 Å². The van der Waals surface area contributed by atoms with Crippen molar-refractivity contribution in [3.05, 3.63) is 53.7 Å². The highest BCUT2D eigenvalue weighted by atomic mass is 14.7. The van der Waals surface area contributed by atoms with Gasteiger partial charge in [0.15, 0.2) is 0 Å². The van der Waals surface area contributed by atoms with Crippen molar-refractivity contribution < 1.29 is 0 Å². The Labute approximate surface area is 153 Å². The summed E-state index contributed by atoms with van der Waals surface area (Å²) in [7, 11) is 0. The number of rotatable bonds is 7. The first-order chi connectivity index (χ1) is 12.3. The van der Waals surface area contributed by atoms with Gasteiger partial charge in [0.2, 0.25) is 0 Å². The largest absolute Gasteiger partial charge is 0.256 e. The molecule has 1 nitrogen and oxygen atoms in total. The molecule has 0 aliphatic heterocycles. The van der Waals surface area contributed by atoms with E-state index in [-0.39, 0.29) is 0 Å². The van der Waals surface area contributed by atoms with E-state index >= 15 is 0 Å². The number of aromatic nitrogens is 1. The lowest BCUT2D eigenvalue weighted by atomic mass is 9.78. The minimum absolute atomic E-state index is 0.935. The third-order valence-electron chi connectivity index (χ3n) is 5.92. The molecule has 1 fully saturated rings. The van der Waals surface area contributed by atoms with Crippen LogP contribution in [-0.4, -0.2) is 4.98 Å². The minimum atomic E-state index is 0.935. The van der Waals surface area contributed by atoms with Gasteiger partial charge >= 0.3 is 0 Å². The first-order valence-corrected chi connectivity index (χ1v) is 10.3. The molecule has 1 aliphatic rings. The first-order valence-electron chi connectivity index (χ1n) is 10.3. The van der Waals surface area contributed by atoms with Gasteiger partial charge in [0.1, 0.15) is 0 Å². The van der Waals surface area contributed by atoms with Crippen LogP contribution in [0.2, 0.25) is 0 Å². The molecule has 2 atom stereocenters. The molecule has 2 aromatic rings. The summed E-state index contributed by atoms with van der Waals surface area (Å²) in [5, 5.41) is 0. The van der Waals surface area contributed by atoms with Gasteiger partial charge in [0.05, 0.1) is 5.69 Å². The van der Waals surface area contributed by atoms with Gasteiger partial charge in [0.25, 0.3) is 0 Å². The molecule has 1 saturated carbocycles. The molecule has 1 aromatic heterocycles. The molecule has 0 amide bonds. The molecule has 0 bridgehead atoms. The summed E-state index contributed by atoms with van der Waals surface area (Å²) in [5.41, 5.74) is 5.13. The highest BCUT2D eigenvalue weighted by Gasteiger charge is 2.20. The van der Waals surface area contributed by atoms with Gasteiger partial charge < -0.3 is 0 Å². The van der Waals surface area contributed by atoms with Crippen LogP contribution in [0.4, 0.5) is 0 Å². The fourth-order valence-electron chi connectivity index (χ4n) is 4.28. The Kier molecular flexibility index (Phi) is 6.67. The smallest absolute Gasteiger partial charge is 0.0702 e. The minimum Gasteiger partial charge on any atom is -0.256 e. The molecule has 1 aromatic carbocycles. The highest BCUT2D eigenvalue weighted by molar-refractivity contribution is 5.59. The molecule has 0 saturated heterocycles. The lowest BCUT2D eigenvalue weighted by molar-refractivity contribution is 0.250. The average molecular weight is 336 g/mol. The Morgan fingerprint density at radius 3 is 2.32 bits per heavy atom. The number of nitrogens with zero attached hydrogens (tertiary/aromatic N) is 1. The Morgan fingerprint density at radius 1 is 0.880 bits per heavy atom. The molecule has 3 rings (SSSR count). The number of pyridine rings is 1. The van der Waals surface area contributed by atoms with E-state index in [1.807, 2.05) is 0 Å². The molecule has 1 heteroatoms. The van der Waals surface area contributed by atoms with Crippen molar-refractivity contribution in [1.29, 1.82) is 0 Å². The van der Waals surface area contributed by atoms with E-state index in [0.29, 0.717) is 0 Å². The van der Waals surface area contributed by atoms with Crippen molar-refractivity contribution in [1.82, 2.24) is 4.98 Å². The van der Waals surface area contributed by atoms with Crippen molar-refractivity contribution in [2.75, 3.05) is 0 Å². The number of hydrogen-bond acceptors (Lipinski definition) is 1. The van der Waals surface area contributed by atoms with E-state index < -0.39 is 0 Å². The highest BCUT2D eigenvalue weighted by Crippen LogP contribution is 2.33. The van der Waals surface area contributed by atoms with Gasteiger partial charge in [-0.25, -0.2) is 0 Å². The van der Waals surface area contributed by atoms with Crippen LogP contribution in [0.5, 0.6) is 0 Å². The molecule has 25 heavy (non-hydrogen) atoms. The van der Waals surface area contributed by atoms with Crippen LogP contribution in [0, 0.1) is 11.8 Å². The average Bonchev–Trinajstić information content (AvgIpc) is 2.68. The Hall–Kier alpha value is -1.63. The summed E-state index contributed by atoms with van der Waals surface area (Å²) in [6.45, 7) is 4.58. The fourth-order valence-corrected chi connectivity index (χ4v) is 4.28. The maximum Gasteiger partial charge on any atom is 0.0702 e. The van der Waals surface area contributed by atoms with Crippen molar-refractivity contribution in [2.45, 2.75) is 71.6 Å². The summed E-state index contributed by atoms with van der Waals surface area (Å²) in [6.07, 6.45) is 14.1. The number of benzene rings is 1. The second-order valence-electron chi connectivity index (χ2n) is 7.84. The van der Waals surface area contributed by atoms with E-state index in [1.165, 1.54) is 68.1 Å². The molecule has 0 spiro atoms. The van der Waals surface area contributed by atoms with Gasteiger partial charge in [-0.3, -0.25) is 4.98 Å². The van der Waals surface area contributed by atoms with Crippen LogP contribution in [0.1, 0.15) is 69.9 Å². The molecule has 0 N–H and O–H groups in total. The summed E-state index contributed by atoms with van der Waals surface area (Å²) in [5.74, 6) is 1.92. The second-order valence-corrected chi connectivity index (χ2v) is 7.84. The lowest BCUT2D eigenvalue weighted by Gasteiger charge is -2.28. The van der Waals surface area contributed by atoms with Gasteiger partial charge in [-0.05, 0) is 54.7 Å². The van der Waals surface area contributed by atoms with Gasteiger partial charge in [-0.2, -0.15) is 0 Å². The van der Waals surface area contributed by atoms with Crippen molar-refractivity contribution in [3.63, 3.8) is 0 Å². The van der Waals surface area contributed by atoms with Crippen molar-refractivity contribution >= 4 is 0 Å². The predicted octanol–water partition coefficient (Wildman–Crippen LogP) is 6.85. The maximum absolute atomic E-state index is 4.72. The maximum atomic E-state index is 4.72. The summed E-state index contributed by atoms with van der Waals surface area (Å²) < 4.78 is 0. The third kappa shape index (κ3) is 5.17. The Bertz CT molecular complexity index is 626. The van der Waals surface area contributed by atoms with E-state index in [9.17, 15) is 0 Å². The molecule has 134 valence electrons. The molecular formula is C24H33N. The summed E-state index contributed by atoms with van der Waals surface area (Å²) >= 11 is 0. The van der Waals surface area contributed by atoms with Gasteiger partial charge in [-0.1, -0.05) is 76.3 Å². The van der Waals surface area contributed by atoms with Crippen LogP contribution in [-0.2, 0) is 12.8 Å². The zero-order valence-corrected chi connectivity index (χ0v) is 16.0. The van der Waals surface area contributed by atoms with Gasteiger partial charge in [0, 0.05) is 11.8 Å². The fraction of sp³-hybridized carbons (Fsp3) is 0.542. The topological polar surface area (TPSA) is 12.9 Å². The second kappa shape index (κ2) is 9.17. The monoisotopic (exact) mass is 335 g/mol. The van der Waals surface area contributed by atoms with E-state index in [1.54, 1.807) is 0 Å². The first kappa shape index (κ1) is 18.2. The molecular weight excluding hydrogens is 302 g/mol. The van der Waals surface area contributed by atoms with Gasteiger partial charge in [-0.15, -0.1) is 0 Å². The lowest BCUT2D eigenvalue weighted by Crippen LogP contribution is -2.15. The van der Waals surface area contributed by atoms with Crippen LogP contribution < -0.4 is 0 Å². The van der Waals surface area contributed by atoms with Crippen molar-refractivity contribution in [3.8, 4) is 11.3 Å².